The lowest BCUT2D eigenvalue weighted by molar-refractivity contribution is 0.188. The maximum absolute atomic E-state index is 9.02. The van der Waals surface area contributed by atoms with Crippen molar-refractivity contribution in [3.63, 3.8) is 0 Å². The van der Waals surface area contributed by atoms with Crippen LogP contribution in [0.3, 0.4) is 0 Å². The molecular weight excluding hydrogens is 244 g/mol. The van der Waals surface area contributed by atoms with Gasteiger partial charge in [0.05, 0.1) is 11.6 Å². The second-order valence-corrected chi connectivity index (χ2v) is 6.77. The number of nitriles is 1. The predicted molar refractivity (Wildman–Crippen MR) is 82.7 cm³/mol. The van der Waals surface area contributed by atoms with E-state index in [1.54, 1.807) is 0 Å². The first-order valence-electron chi connectivity index (χ1n) is 7.98. The molecule has 0 radical (unpaired) electrons. The van der Waals surface area contributed by atoms with Gasteiger partial charge in [0, 0.05) is 11.7 Å². The van der Waals surface area contributed by atoms with E-state index in [2.05, 4.69) is 18.3 Å². The fourth-order valence-corrected chi connectivity index (χ4v) is 4.07. The third-order valence-electron chi connectivity index (χ3n) is 5.44. The number of benzene rings is 1. The molecule has 2 aliphatic carbocycles. The topological polar surface area (TPSA) is 35.8 Å². The summed E-state index contributed by atoms with van der Waals surface area (Å²) in [5.41, 5.74) is 3.84. The minimum Gasteiger partial charge on any atom is -0.382 e. The van der Waals surface area contributed by atoms with Crippen LogP contribution in [0.5, 0.6) is 0 Å². The number of nitrogens with zero attached hydrogens (tertiary/aromatic N) is 1. The van der Waals surface area contributed by atoms with Crippen molar-refractivity contribution in [1.29, 1.82) is 5.26 Å². The van der Waals surface area contributed by atoms with Gasteiger partial charge in [-0.2, -0.15) is 5.26 Å². The van der Waals surface area contributed by atoms with Crippen molar-refractivity contribution >= 4 is 5.69 Å². The van der Waals surface area contributed by atoms with Crippen molar-refractivity contribution in [2.24, 2.45) is 5.41 Å². The lowest BCUT2D eigenvalue weighted by atomic mass is 9.71. The molecule has 106 valence electrons. The van der Waals surface area contributed by atoms with Gasteiger partial charge in [-0.1, -0.05) is 18.9 Å². The summed E-state index contributed by atoms with van der Waals surface area (Å²) in [6.45, 7) is 2.12. The molecule has 0 saturated heterocycles. The molecule has 2 aliphatic rings. The highest BCUT2D eigenvalue weighted by molar-refractivity contribution is 5.55. The van der Waals surface area contributed by atoms with Crippen LogP contribution in [0.2, 0.25) is 0 Å². The Labute approximate surface area is 122 Å². The van der Waals surface area contributed by atoms with Gasteiger partial charge in [0.25, 0.3) is 0 Å². The molecule has 0 heterocycles. The second-order valence-electron chi connectivity index (χ2n) is 6.77. The predicted octanol–water partition coefficient (Wildman–Crippen LogP) is 4.78. The smallest absolute Gasteiger partial charge is 0.0992 e. The van der Waals surface area contributed by atoms with E-state index in [9.17, 15) is 0 Å². The van der Waals surface area contributed by atoms with Gasteiger partial charge in [0.2, 0.25) is 0 Å². The molecule has 2 saturated carbocycles. The summed E-state index contributed by atoms with van der Waals surface area (Å²) < 4.78 is 0. The van der Waals surface area contributed by atoms with Crippen LogP contribution in [0.4, 0.5) is 5.69 Å². The van der Waals surface area contributed by atoms with Crippen LogP contribution in [-0.4, -0.2) is 6.04 Å². The highest BCUT2D eigenvalue weighted by atomic mass is 14.9. The summed E-state index contributed by atoms with van der Waals surface area (Å²) in [6.07, 6.45) is 11.2. The van der Waals surface area contributed by atoms with Crippen LogP contribution in [-0.2, 0) is 0 Å². The second kappa shape index (κ2) is 5.48. The highest BCUT2D eigenvalue weighted by Crippen LogP contribution is 2.49. The normalized spacial score (nSPS) is 21.8. The number of nitrogens with one attached hydrogen (secondary N) is 1. The summed E-state index contributed by atoms with van der Waals surface area (Å²) in [6, 6.07) is 8.76. The maximum atomic E-state index is 9.02. The zero-order chi connectivity index (χ0) is 14.0. The number of hydrogen-bond acceptors (Lipinski definition) is 2. The third kappa shape index (κ3) is 2.68. The highest BCUT2D eigenvalue weighted by Gasteiger charge is 2.37. The van der Waals surface area contributed by atoms with Gasteiger partial charge < -0.3 is 5.32 Å². The van der Waals surface area contributed by atoms with Gasteiger partial charge in [0.1, 0.15) is 0 Å². The van der Waals surface area contributed by atoms with E-state index >= 15 is 0 Å². The van der Waals surface area contributed by atoms with E-state index in [0.717, 1.165) is 11.3 Å². The van der Waals surface area contributed by atoms with E-state index in [1.807, 2.05) is 18.2 Å². The molecule has 2 fully saturated rings. The quantitative estimate of drug-likeness (QED) is 0.837. The molecule has 0 aliphatic heterocycles. The minimum atomic E-state index is 0.592. The molecule has 1 spiro atoms. The molecular formula is C18H24N2. The van der Waals surface area contributed by atoms with Crippen molar-refractivity contribution in [3.05, 3.63) is 29.3 Å². The molecule has 0 amide bonds. The lowest BCUT2D eigenvalue weighted by Crippen LogP contribution is -2.31. The van der Waals surface area contributed by atoms with Crippen molar-refractivity contribution in [2.45, 2.75) is 64.3 Å². The molecule has 2 heteroatoms. The molecule has 0 atom stereocenters. The van der Waals surface area contributed by atoms with Crippen molar-refractivity contribution < 1.29 is 0 Å². The zero-order valence-electron chi connectivity index (χ0n) is 12.4. The molecule has 1 aromatic carbocycles. The van der Waals surface area contributed by atoms with Crippen molar-refractivity contribution in [3.8, 4) is 6.07 Å². The van der Waals surface area contributed by atoms with Crippen LogP contribution < -0.4 is 5.32 Å². The van der Waals surface area contributed by atoms with Gasteiger partial charge in [-0.15, -0.1) is 0 Å². The number of rotatable bonds is 2. The first-order chi connectivity index (χ1) is 9.71. The maximum Gasteiger partial charge on any atom is 0.0992 e. The van der Waals surface area contributed by atoms with Crippen LogP contribution in [0.15, 0.2) is 18.2 Å². The number of aryl methyl sites for hydroxylation is 1. The Bertz CT molecular complexity index is 511. The lowest BCUT2D eigenvalue weighted by Gasteiger charge is -2.38. The molecule has 20 heavy (non-hydrogen) atoms. The Hall–Kier alpha value is -1.49. The molecule has 0 bridgehead atoms. The van der Waals surface area contributed by atoms with Crippen molar-refractivity contribution in [1.82, 2.24) is 0 Å². The number of hydrogen-bond donors (Lipinski definition) is 1. The molecule has 0 unspecified atom stereocenters. The minimum absolute atomic E-state index is 0.592. The van der Waals surface area contributed by atoms with Crippen LogP contribution >= 0.6 is 0 Å². The monoisotopic (exact) mass is 268 g/mol. The Balaban J connectivity index is 1.63. The third-order valence-corrected chi connectivity index (χ3v) is 5.44. The molecule has 2 nitrogen and oxygen atoms in total. The number of anilines is 1. The van der Waals surface area contributed by atoms with E-state index in [1.165, 1.54) is 56.9 Å². The summed E-state index contributed by atoms with van der Waals surface area (Å²) in [5.74, 6) is 0. The molecule has 3 rings (SSSR count). The van der Waals surface area contributed by atoms with Gasteiger partial charge in [-0.05, 0) is 68.6 Å². The first-order valence-corrected chi connectivity index (χ1v) is 7.98. The van der Waals surface area contributed by atoms with Gasteiger partial charge in [-0.25, -0.2) is 0 Å². The fourth-order valence-electron chi connectivity index (χ4n) is 4.07. The molecule has 1 N–H and O–H groups in total. The molecule has 0 aromatic heterocycles. The van der Waals surface area contributed by atoms with Crippen LogP contribution in [0.1, 0.15) is 62.5 Å². The zero-order valence-corrected chi connectivity index (χ0v) is 12.4. The summed E-state index contributed by atoms with van der Waals surface area (Å²) >= 11 is 0. The first kappa shape index (κ1) is 13.5. The summed E-state index contributed by atoms with van der Waals surface area (Å²) in [5, 5.41) is 12.7. The average Bonchev–Trinajstić information content (AvgIpc) is 2.92. The van der Waals surface area contributed by atoms with Crippen molar-refractivity contribution in [2.75, 3.05) is 5.32 Å². The standard InChI is InChI=1S/C18H24N2/c1-14-4-5-15(13-19)12-17(14)20-16-6-10-18(11-7-16)8-2-3-9-18/h4-5,12,16,20H,2-3,6-11H2,1H3. The van der Waals surface area contributed by atoms with Crippen LogP contribution in [0, 0.1) is 23.7 Å². The SMILES string of the molecule is Cc1ccc(C#N)cc1NC1CCC2(CCCC2)CC1. The average molecular weight is 268 g/mol. The van der Waals surface area contributed by atoms with E-state index in [0.29, 0.717) is 11.5 Å². The van der Waals surface area contributed by atoms with E-state index < -0.39 is 0 Å². The summed E-state index contributed by atoms with van der Waals surface area (Å²) in [7, 11) is 0. The summed E-state index contributed by atoms with van der Waals surface area (Å²) in [4.78, 5) is 0. The van der Waals surface area contributed by atoms with Gasteiger partial charge >= 0.3 is 0 Å². The fraction of sp³-hybridized carbons (Fsp3) is 0.611. The Morgan fingerprint density at radius 1 is 1.15 bits per heavy atom. The van der Waals surface area contributed by atoms with Crippen LogP contribution in [0.25, 0.3) is 0 Å². The largest absolute Gasteiger partial charge is 0.382 e. The Kier molecular flexibility index (Phi) is 3.70. The van der Waals surface area contributed by atoms with Gasteiger partial charge in [-0.3, -0.25) is 0 Å². The van der Waals surface area contributed by atoms with E-state index in [-0.39, 0.29) is 0 Å². The molecule has 1 aromatic rings. The van der Waals surface area contributed by atoms with Gasteiger partial charge in [0.15, 0.2) is 0 Å². The van der Waals surface area contributed by atoms with E-state index in [4.69, 9.17) is 5.26 Å². The Morgan fingerprint density at radius 2 is 1.85 bits per heavy atom. The Morgan fingerprint density at radius 3 is 2.50 bits per heavy atom.